The zero-order chi connectivity index (χ0) is 21.8. The second-order valence-corrected chi connectivity index (χ2v) is 7.93. The fourth-order valence-electron chi connectivity index (χ4n) is 4.00. The fraction of sp³-hybridized carbons (Fsp3) is 0.375. The van der Waals surface area contributed by atoms with Crippen molar-refractivity contribution in [2.45, 2.75) is 45.1 Å². The molecule has 0 aliphatic heterocycles. The molecule has 3 aromatic rings. The second kappa shape index (κ2) is 8.98. The molecule has 0 bridgehead atoms. The fourth-order valence-corrected chi connectivity index (χ4v) is 4.00. The third-order valence-corrected chi connectivity index (χ3v) is 5.70. The summed E-state index contributed by atoms with van der Waals surface area (Å²) in [5.41, 5.74) is 2.77. The number of hydrogen-bond acceptors (Lipinski definition) is 6. The number of aromatic nitrogens is 2. The van der Waals surface area contributed by atoms with Crippen LogP contribution in [0.15, 0.2) is 47.0 Å². The molecule has 2 aromatic carbocycles. The summed E-state index contributed by atoms with van der Waals surface area (Å²) in [6, 6.07) is 13.0. The second-order valence-electron chi connectivity index (χ2n) is 7.93. The molecule has 162 valence electrons. The van der Waals surface area contributed by atoms with Gasteiger partial charge >= 0.3 is 5.97 Å². The van der Waals surface area contributed by atoms with E-state index >= 15 is 0 Å². The highest BCUT2D eigenvalue weighted by atomic mass is 19.1. The number of hydrogen-bond donors (Lipinski definition) is 1. The van der Waals surface area contributed by atoms with Crippen LogP contribution in [0.1, 0.15) is 35.9 Å². The quantitative estimate of drug-likeness (QED) is 0.439. The number of rotatable bonds is 8. The molecule has 31 heavy (non-hydrogen) atoms. The molecule has 6 nitrogen and oxygen atoms in total. The Balaban J connectivity index is 1.36. The van der Waals surface area contributed by atoms with Crippen LogP contribution in [0.3, 0.4) is 0 Å². The zero-order valence-electron chi connectivity index (χ0n) is 17.8. The predicted molar refractivity (Wildman–Crippen MR) is 114 cm³/mol. The van der Waals surface area contributed by atoms with Crippen LogP contribution in [-0.4, -0.2) is 34.8 Å². The van der Waals surface area contributed by atoms with E-state index in [2.05, 4.69) is 27.6 Å². The van der Waals surface area contributed by atoms with Gasteiger partial charge in [-0.1, -0.05) is 41.6 Å². The molecule has 0 fully saturated rings. The lowest BCUT2D eigenvalue weighted by atomic mass is 9.95. The minimum absolute atomic E-state index is 0.215. The van der Waals surface area contributed by atoms with Crippen molar-refractivity contribution >= 4 is 5.97 Å². The Morgan fingerprint density at radius 1 is 1.23 bits per heavy atom. The van der Waals surface area contributed by atoms with Crippen molar-refractivity contribution in [2.75, 3.05) is 13.2 Å². The number of halogens is 1. The van der Waals surface area contributed by atoms with E-state index in [-0.39, 0.29) is 11.8 Å². The summed E-state index contributed by atoms with van der Waals surface area (Å²) in [4.78, 5) is 17.1. The van der Waals surface area contributed by atoms with Crippen LogP contribution in [0.5, 0.6) is 0 Å². The standard InChI is InChI=1S/C24H26FN3O3/c1-3-30-23(29)24(14-18-7-4-5-8-19(18)15-24)26-12-6-9-21-27-22(28-31-21)17-11-10-16(2)20(25)13-17/h4-5,7-8,10-11,13,26H,3,6,9,12,14-15H2,1-2H3. The first-order valence-electron chi connectivity index (χ1n) is 10.6. The lowest BCUT2D eigenvalue weighted by Gasteiger charge is -2.28. The molecule has 0 amide bonds. The van der Waals surface area contributed by atoms with Crippen molar-refractivity contribution in [3.63, 3.8) is 0 Å². The number of fused-ring (bicyclic) bond motifs is 1. The predicted octanol–water partition coefficient (Wildman–Crippen LogP) is 3.81. The summed E-state index contributed by atoms with van der Waals surface area (Å²) in [5.74, 6) is 0.344. The van der Waals surface area contributed by atoms with E-state index in [1.165, 1.54) is 17.2 Å². The number of esters is 1. The Morgan fingerprint density at radius 2 is 1.97 bits per heavy atom. The van der Waals surface area contributed by atoms with Crippen LogP contribution in [0.25, 0.3) is 11.4 Å². The number of ether oxygens (including phenoxy) is 1. The molecule has 1 aliphatic rings. The van der Waals surface area contributed by atoms with E-state index in [4.69, 9.17) is 9.26 Å². The average Bonchev–Trinajstić information content (AvgIpc) is 3.38. The molecule has 0 atom stereocenters. The molecule has 4 rings (SSSR count). The van der Waals surface area contributed by atoms with Crippen LogP contribution in [0, 0.1) is 12.7 Å². The smallest absolute Gasteiger partial charge is 0.327 e. The summed E-state index contributed by atoms with van der Waals surface area (Å²) >= 11 is 0. The molecule has 1 aromatic heterocycles. The van der Waals surface area contributed by atoms with Gasteiger partial charge in [-0.3, -0.25) is 4.79 Å². The van der Waals surface area contributed by atoms with Gasteiger partial charge in [0, 0.05) is 24.8 Å². The average molecular weight is 423 g/mol. The molecule has 1 heterocycles. The molecule has 0 saturated carbocycles. The number of nitrogens with one attached hydrogen (secondary N) is 1. The minimum atomic E-state index is -0.737. The summed E-state index contributed by atoms with van der Waals surface area (Å²) in [6.45, 7) is 4.48. The summed E-state index contributed by atoms with van der Waals surface area (Å²) in [7, 11) is 0. The van der Waals surface area contributed by atoms with Gasteiger partial charge in [0.15, 0.2) is 0 Å². The third-order valence-electron chi connectivity index (χ3n) is 5.70. The molecule has 0 radical (unpaired) electrons. The van der Waals surface area contributed by atoms with E-state index in [0.29, 0.717) is 61.7 Å². The Hall–Kier alpha value is -3.06. The number of carbonyl (C=O) groups is 1. The lowest BCUT2D eigenvalue weighted by Crippen LogP contribution is -2.54. The van der Waals surface area contributed by atoms with Gasteiger partial charge in [0.25, 0.3) is 0 Å². The first-order valence-corrected chi connectivity index (χ1v) is 10.6. The molecule has 0 saturated heterocycles. The molecule has 0 unspecified atom stereocenters. The van der Waals surface area contributed by atoms with Crippen molar-refractivity contribution in [2.24, 2.45) is 0 Å². The molecule has 1 N–H and O–H groups in total. The molecule has 7 heteroatoms. The summed E-state index contributed by atoms with van der Waals surface area (Å²) < 4.78 is 24.5. The van der Waals surface area contributed by atoms with Crippen LogP contribution in [-0.2, 0) is 28.8 Å². The SMILES string of the molecule is CCOC(=O)C1(NCCCc2nc(-c3ccc(C)c(F)c3)no2)Cc2ccccc2C1. The normalized spacial score (nSPS) is 14.4. The number of benzene rings is 2. The zero-order valence-corrected chi connectivity index (χ0v) is 17.8. The lowest BCUT2D eigenvalue weighted by molar-refractivity contribution is -0.150. The van der Waals surface area contributed by atoms with Gasteiger partial charge in [-0.15, -0.1) is 0 Å². The van der Waals surface area contributed by atoms with Crippen molar-refractivity contribution in [3.05, 3.63) is 70.9 Å². The maximum atomic E-state index is 13.8. The van der Waals surface area contributed by atoms with Crippen LogP contribution >= 0.6 is 0 Å². The Bertz CT molecular complexity index is 1050. The Morgan fingerprint density at radius 3 is 2.65 bits per heavy atom. The Kier molecular flexibility index (Phi) is 6.13. The highest BCUT2D eigenvalue weighted by Crippen LogP contribution is 2.31. The third kappa shape index (κ3) is 4.51. The van der Waals surface area contributed by atoms with Crippen molar-refractivity contribution < 1.29 is 18.4 Å². The van der Waals surface area contributed by atoms with Gasteiger partial charge in [0.05, 0.1) is 6.61 Å². The number of aryl methyl sites for hydroxylation is 2. The Labute approximate surface area is 180 Å². The van der Waals surface area contributed by atoms with E-state index in [1.807, 2.05) is 19.1 Å². The minimum Gasteiger partial charge on any atom is -0.465 e. The highest BCUT2D eigenvalue weighted by Gasteiger charge is 2.44. The van der Waals surface area contributed by atoms with E-state index < -0.39 is 5.54 Å². The highest BCUT2D eigenvalue weighted by molar-refractivity contribution is 5.83. The summed E-state index contributed by atoms with van der Waals surface area (Å²) in [5, 5.41) is 7.39. The molecule has 0 spiro atoms. The van der Waals surface area contributed by atoms with Gasteiger partial charge in [-0.05, 0) is 49.6 Å². The van der Waals surface area contributed by atoms with E-state index in [9.17, 15) is 9.18 Å². The van der Waals surface area contributed by atoms with Crippen LogP contribution < -0.4 is 5.32 Å². The van der Waals surface area contributed by atoms with Crippen molar-refractivity contribution in [1.82, 2.24) is 15.5 Å². The first-order chi connectivity index (χ1) is 15.0. The van der Waals surface area contributed by atoms with Gasteiger partial charge in [-0.2, -0.15) is 4.98 Å². The monoisotopic (exact) mass is 423 g/mol. The molecular formula is C24H26FN3O3. The maximum absolute atomic E-state index is 13.8. The number of nitrogens with zero attached hydrogens (tertiary/aromatic N) is 2. The number of carbonyl (C=O) groups excluding carboxylic acids is 1. The van der Waals surface area contributed by atoms with Crippen molar-refractivity contribution in [1.29, 1.82) is 0 Å². The van der Waals surface area contributed by atoms with Gasteiger partial charge in [-0.25, -0.2) is 4.39 Å². The van der Waals surface area contributed by atoms with Crippen LogP contribution in [0.2, 0.25) is 0 Å². The molecular weight excluding hydrogens is 397 g/mol. The first kappa shape index (κ1) is 21.2. The molecule has 1 aliphatic carbocycles. The summed E-state index contributed by atoms with van der Waals surface area (Å²) in [6.07, 6.45) is 2.50. The largest absolute Gasteiger partial charge is 0.465 e. The van der Waals surface area contributed by atoms with Crippen LogP contribution in [0.4, 0.5) is 4.39 Å². The van der Waals surface area contributed by atoms with Gasteiger partial charge in [0.1, 0.15) is 11.4 Å². The topological polar surface area (TPSA) is 77.2 Å². The van der Waals surface area contributed by atoms with Crippen molar-refractivity contribution in [3.8, 4) is 11.4 Å². The van der Waals surface area contributed by atoms with E-state index in [1.54, 1.807) is 19.1 Å². The van der Waals surface area contributed by atoms with Gasteiger partial charge in [0.2, 0.25) is 11.7 Å². The van der Waals surface area contributed by atoms with Gasteiger partial charge < -0.3 is 14.6 Å². The maximum Gasteiger partial charge on any atom is 0.327 e. The van der Waals surface area contributed by atoms with E-state index in [0.717, 1.165) is 0 Å².